The summed E-state index contributed by atoms with van der Waals surface area (Å²) in [5.74, 6) is 0.652. The Balaban J connectivity index is 0.000000227. The van der Waals surface area contributed by atoms with E-state index in [9.17, 15) is 0 Å². The van der Waals surface area contributed by atoms with E-state index in [1.807, 2.05) is 12.1 Å². The van der Waals surface area contributed by atoms with Crippen LogP contribution in [0.5, 0.6) is 0 Å². The first-order chi connectivity index (χ1) is 42.0. The summed E-state index contributed by atoms with van der Waals surface area (Å²) in [4.78, 5) is 4.60. The van der Waals surface area contributed by atoms with Crippen molar-refractivity contribution in [1.82, 2.24) is 0 Å². The van der Waals surface area contributed by atoms with Crippen molar-refractivity contribution in [1.29, 1.82) is 0 Å². The van der Waals surface area contributed by atoms with E-state index in [-0.39, 0.29) is 0 Å². The first-order valence-electron chi connectivity index (χ1n) is 29.5. The summed E-state index contributed by atoms with van der Waals surface area (Å²) in [6, 6.07) is 126. The first-order valence-corrected chi connectivity index (χ1v) is 29.5. The lowest BCUT2D eigenvalue weighted by Crippen LogP contribution is -2.09. The lowest BCUT2D eigenvalue weighted by molar-refractivity contribution is 0.805. The summed E-state index contributed by atoms with van der Waals surface area (Å²) in [6.45, 7) is 4.39. The van der Waals surface area contributed by atoms with Crippen LogP contribution < -0.4 is 9.80 Å². The van der Waals surface area contributed by atoms with Crippen LogP contribution >= 0.6 is 0 Å². The van der Waals surface area contributed by atoms with Crippen molar-refractivity contribution in [2.75, 3.05) is 9.80 Å². The second-order valence-corrected chi connectivity index (χ2v) is 21.8. The fourth-order valence-electron chi connectivity index (χ4n) is 11.4. The minimum Gasteiger partial charge on any atom is -0.311 e. The van der Waals surface area contributed by atoms with Crippen molar-refractivity contribution in [2.24, 2.45) is 0 Å². The normalized spacial score (nSPS) is 11.6. The highest BCUT2D eigenvalue weighted by Crippen LogP contribution is 2.39. The molecule has 0 aliphatic heterocycles. The monoisotopic (exact) mass is 1090 g/mol. The molecule has 0 N–H and O–H groups in total. The van der Waals surface area contributed by atoms with Crippen LogP contribution in [0.25, 0.3) is 44.5 Å². The molecule has 0 saturated carbocycles. The zero-order chi connectivity index (χ0) is 57.6. The largest absolute Gasteiger partial charge is 0.311 e. The fourth-order valence-corrected chi connectivity index (χ4v) is 11.4. The molecule has 2 unspecified atom stereocenters. The van der Waals surface area contributed by atoms with Crippen LogP contribution in [-0.4, -0.2) is 0 Å². The Kier molecular flexibility index (Phi) is 17.2. The second-order valence-electron chi connectivity index (χ2n) is 21.8. The van der Waals surface area contributed by atoms with Gasteiger partial charge in [-0.1, -0.05) is 292 Å². The highest BCUT2D eigenvalue weighted by Gasteiger charge is 2.18. The zero-order valence-electron chi connectivity index (χ0n) is 48.2. The van der Waals surface area contributed by atoms with Gasteiger partial charge in [0.1, 0.15) is 0 Å². The van der Waals surface area contributed by atoms with Crippen LogP contribution in [0.1, 0.15) is 52.1 Å². The fraction of sp³-hybridized carbons (Fsp3) is 0.0602. The Morgan fingerprint density at radius 1 is 0.224 bits per heavy atom. The average Bonchev–Trinajstić information content (AvgIpc) is 3.76. The summed E-state index contributed by atoms with van der Waals surface area (Å²) in [5.41, 5.74) is 24.5. The van der Waals surface area contributed by atoms with Gasteiger partial charge in [0.2, 0.25) is 0 Å². The van der Waals surface area contributed by atoms with Gasteiger partial charge in [-0.05, 0) is 158 Å². The number of benzene rings is 13. The Labute approximate surface area is 502 Å². The number of hydrogen-bond donors (Lipinski definition) is 0. The molecule has 0 amide bonds. The first kappa shape index (κ1) is 55.0. The van der Waals surface area contributed by atoms with Crippen LogP contribution in [0.2, 0.25) is 0 Å². The molecule has 0 spiro atoms. The number of aryl methyl sites for hydroxylation is 1. The van der Waals surface area contributed by atoms with Gasteiger partial charge >= 0.3 is 0 Å². The third kappa shape index (κ3) is 13.4. The third-order valence-corrected chi connectivity index (χ3v) is 16.2. The Morgan fingerprint density at radius 2 is 0.447 bits per heavy atom. The van der Waals surface area contributed by atoms with E-state index in [4.69, 9.17) is 0 Å². The van der Waals surface area contributed by atoms with Crippen LogP contribution in [-0.2, 0) is 6.42 Å². The van der Waals surface area contributed by atoms with Gasteiger partial charge in [-0.3, -0.25) is 0 Å². The zero-order valence-corrected chi connectivity index (χ0v) is 48.2. The molecular formula is C83H68N2. The van der Waals surface area contributed by atoms with Crippen molar-refractivity contribution in [3.63, 3.8) is 0 Å². The Morgan fingerprint density at radius 3 is 0.788 bits per heavy atom. The number of para-hydroxylation sites is 3. The van der Waals surface area contributed by atoms with E-state index < -0.39 is 0 Å². The summed E-state index contributed by atoms with van der Waals surface area (Å²) in [6.07, 6.45) is 0.970. The van der Waals surface area contributed by atoms with Crippen molar-refractivity contribution >= 4 is 34.1 Å². The van der Waals surface area contributed by atoms with Crippen molar-refractivity contribution in [2.45, 2.75) is 32.1 Å². The SMILES string of the molecule is CC(c1ccccc1)c1ccc(-c2ccc(N(c3ccccc3)c3ccc(-c4ccc(-c5ccc(C(Cc6ccccc6)c6ccccc6)cc5)cc4)cc3)cc2)cc1.Cc1ccc(-c2ccc(N(c3ccccc3)c3ccccc3)cc2)cc1. The predicted octanol–water partition coefficient (Wildman–Crippen LogP) is 22.8. The molecule has 2 atom stereocenters. The lowest BCUT2D eigenvalue weighted by atomic mass is 9.85. The Hall–Kier alpha value is -10.5. The molecule has 0 saturated heterocycles. The minimum atomic E-state index is 0.299. The van der Waals surface area contributed by atoms with Gasteiger partial charge in [0.05, 0.1) is 0 Å². The topological polar surface area (TPSA) is 6.48 Å². The molecule has 0 aliphatic carbocycles. The second kappa shape index (κ2) is 26.6. The molecule has 0 aliphatic rings. The van der Waals surface area contributed by atoms with E-state index in [0.717, 1.165) is 40.5 Å². The van der Waals surface area contributed by atoms with Crippen molar-refractivity contribution in [3.05, 3.63) is 385 Å². The maximum Gasteiger partial charge on any atom is 0.0462 e. The number of rotatable bonds is 16. The van der Waals surface area contributed by atoms with Crippen molar-refractivity contribution in [3.8, 4) is 44.5 Å². The minimum absolute atomic E-state index is 0.299. The van der Waals surface area contributed by atoms with Gasteiger partial charge in [-0.15, -0.1) is 0 Å². The van der Waals surface area contributed by atoms with Gasteiger partial charge in [0.25, 0.3) is 0 Å². The van der Waals surface area contributed by atoms with E-state index >= 15 is 0 Å². The van der Waals surface area contributed by atoms with Gasteiger partial charge < -0.3 is 9.80 Å². The summed E-state index contributed by atoms with van der Waals surface area (Å²) in [5, 5.41) is 0. The van der Waals surface area contributed by atoms with E-state index in [2.05, 4.69) is 363 Å². The van der Waals surface area contributed by atoms with Crippen LogP contribution in [0.4, 0.5) is 34.1 Å². The van der Waals surface area contributed by atoms with Gasteiger partial charge in [-0.25, -0.2) is 0 Å². The van der Waals surface area contributed by atoms with Crippen LogP contribution in [0, 0.1) is 6.92 Å². The highest BCUT2D eigenvalue weighted by molar-refractivity contribution is 5.81. The van der Waals surface area contributed by atoms with Crippen LogP contribution in [0.15, 0.2) is 352 Å². The molecule has 0 bridgehead atoms. The number of nitrogens with zero attached hydrogens (tertiary/aromatic N) is 2. The third-order valence-electron chi connectivity index (χ3n) is 16.2. The smallest absolute Gasteiger partial charge is 0.0462 e. The lowest BCUT2D eigenvalue weighted by Gasteiger charge is -2.26. The molecule has 2 nitrogen and oxygen atoms in total. The standard InChI is InChI=1S/C58H47N.C25H21N/c1-43(45-16-8-3-9-17-45)46-22-24-47(25-23-46)51-34-38-56(39-35-51)59(55-20-12-5-13-21-55)57-40-36-52(37-41-57)49-28-26-48(27-29-49)50-30-32-54(33-31-50)58(53-18-10-4-11-19-53)42-44-14-6-2-7-15-44;1-20-12-14-21(15-13-20)22-16-18-25(19-17-22)26(23-8-4-2-5-9-23)24-10-6-3-7-11-24/h2-41,43,58H,42H2,1H3;2-19H,1H3. The highest BCUT2D eigenvalue weighted by atomic mass is 15.1. The number of hydrogen-bond acceptors (Lipinski definition) is 2. The van der Waals surface area contributed by atoms with Gasteiger partial charge in [0, 0.05) is 46.0 Å². The summed E-state index contributed by atoms with van der Waals surface area (Å²) in [7, 11) is 0. The summed E-state index contributed by atoms with van der Waals surface area (Å²) < 4.78 is 0. The van der Waals surface area contributed by atoms with E-state index in [0.29, 0.717) is 11.8 Å². The molecule has 0 aromatic heterocycles. The molecule has 410 valence electrons. The van der Waals surface area contributed by atoms with E-state index in [1.54, 1.807) is 0 Å². The number of anilines is 6. The molecule has 2 heteroatoms. The molecule has 0 radical (unpaired) electrons. The van der Waals surface area contributed by atoms with Crippen molar-refractivity contribution < 1.29 is 0 Å². The molecule has 0 heterocycles. The maximum atomic E-state index is 2.33. The van der Waals surface area contributed by atoms with Crippen LogP contribution in [0.3, 0.4) is 0 Å². The maximum absolute atomic E-state index is 2.33. The predicted molar refractivity (Wildman–Crippen MR) is 361 cm³/mol. The van der Waals surface area contributed by atoms with Gasteiger partial charge in [0.15, 0.2) is 0 Å². The molecule has 0 fully saturated rings. The molecule has 13 aromatic carbocycles. The molecule has 85 heavy (non-hydrogen) atoms. The Bertz CT molecular complexity index is 4080. The molecular weight excluding hydrogens is 1020 g/mol. The average molecular weight is 1090 g/mol. The summed E-state index contributed by atoms with van der Waals surface area (Å²) >= 11 is 0. The van der Waals surface area contributed by atoms with E-state index in [1.165, 1.54) is 77.9 Å². The molecule has 13 rings (SSSR count). The quantitative estimate of drug-likeness (QED) is 0.0951. The van der Waals surface area contributed by atoms with Gasteiger partial charge in [-0.2, -0.15) is 0 Å². The molecule has 13 aromatic rings.